The van der Waals surface area contributed by atoms with Gasteiger partial charge < -0.3 is 10.3 Å². The molecule has 1 aromatic carbocycles. The molecular weight excluding hydrogens is 432 g/mol. The molecule has 0 spiro atoms. The SMILES string of the molecule is CC(=O)N[C@@H](Cc1c[nH]c2ccccc12)C(=O)NNC(=O)c1ccc(Br)s1. The molecule has 27 heavy (non-hydrogen) atoms. The maximum atomic E-state index is 12.5. The molecule has 2 heterocycles. The first-order valence-electron chi connectivity index (χ1n) is 8.11. The Morgan fingerprint density at radius 1 is 1.15 bits per heavy atom. The lowest BCUT2D eigenvalue weighted by Crippen LogP contribution is -2.52. The number of nitrogens with one attached hydrogen (secondary N) is 4. The number of aromatic nitrogens is 1. The van der Waals surface area contributed by atoms with Gasteiger partial charge in [-0.1, -0.05) is 18.2 Å². The maximum absolute atomic E-state index is 12.5. The van der Waals surface area contributed by atoms with Crippen LogP contribution in [-0.2, 0) is 16.0 Å². The Bertz CT molecular complexity index is 997. The Balaban J connectivity index is 1.69. The lowest BCUT2D eigenvalue weighted by atomic mass is 10.0. The lowest BCUT2D eigenvalue weighted by molar-refractivity contribution is -0.128. The predicted octanol–water partition coefficient (Wildman–Crippen LogP) is 2.50. The Morgan fingerprint density at radius 2 is 1.93 bits per heavy atom. The summed E-state index contributed by atoms with van der Waals surface area (Å²) in [6.07, 6.45) is 2.10. The Hall–Kier alpha value is -2.65. The zero-order chi connectivity index (χ0) is 19.4. The van der Waals surface area contributed by atoms with Crippen molar-refractivity contribution in [3.63, 3.8) is 0 Å². The molecule has 0 radical (unpaired) electrons. The van der Waals surface area contributed by atoms with Gasteiger partial charge in [0.25, 0.3) is 11.8 Å². The highest BCUT2D eigenvalue weighted by Crippen LogP contribution is 2.22. The molecule has 4 N–H and O–H groups in total. The molecule has 0 unspecified atom stereocenters. The largest absolute Gasteiger partial charge is 0.361 e. The van der Waals surface area contributed by atoms with Crippen LogP contribution in [0.1, 0.15) is 22.2 Å². The summed E-state index contributed by atoms with van der Waals surface area (Å²) in [5, 5.41) is 3.61. The third-order valence-corrected chi connectivity index (χ3v) is 5.51. The van der Waals surface area contributed by atoms with Crippen LogP contribution in [0.15, 0.2) is 46.4 Å². The lowest BCUT2D eigenvalue weighted by Gasteiger charge is -2.17. The fourth-order valence-corrected chi connectivity index (χ4v) is 3.96. The standard InChI is InChI=1S/C18H17BrN4O3S/c1-10(24)21-14(8-11-9-20-13-5-3-2-4-12(11)13)17(25)22-23-18(26)15-6-7-16(19)27-15/h2-7,9,14,20H,8H2,1H3,(H,21,24)(H,22,25)(H,23,26)/t14-/m0/s1. The van der Waals surface area contributed by atoms with Crippen LogP contribution >= 0.6 is 27.3 Å². The van der Waals surface area contributed by atoms with Crippen LogP contribution in [0.4, 0.5) is 0 Å². The molecule has 7 nitrogen and oxygen atoms in total. The number of amides is 3. The van der Waals surface area contributed by atoms with Gasteiger partial charge in [0, 0.05) is 30.4 Å². The number of hydrogen-bond donors (Lipinski definition) is 4. The second-order valence-corrected chi connectivity index (χ2v) is 8.33. The first-order chi connectivity index (χ1) is 12.9. The zero-order valence-electron chi connectivity index (χ0n) is 14.3. The number of halogens is 1. The normalized spacial score (nSPS) is 11.8. The highest BCUT2D eigenvalue weighted by molar-refractivity contribution is 9.11. The van der Waals surface area contributed by atoms with Crippen molar-refractivity contribution >= 4 is 55.9 Å². The number of hydrazine groups is 1. The number of fused-ring (bicyclic) bond motifs is 1. The molecule has 2 aromatic heterocycles. The minimum absolute atomic E-state index is 0.288. The summed E-state index contributed by atoms with van der Waals surface area (Å²) in [7, 11) is 0. The van der Waals surface area contributed by atoms with E-state index in [0.717, 1.165) is 20.3 Å². The van der Waals surface area contributed by atoms with Gasteiger partial charge in [-0.25, -0.2) is 0 Å². The number of aromatic amines is 1. The minimum atomic E-state index is -0.822. The predicted molar refractivity (Wildman–Crippen MR) is 107 cm³/mol. The van der Waals surface area contributed by atoms with Gasteiger partial charge in [-0.05, 0) is 39.7 Å². The molecule has 1 atom stereocenters. The van der Waals surface area contributed by atoms with Crippen molar-refractivity contribution in [3.8, 4) is 0 Å². The summed E-state index contributed by atoms with van der Waals surface area (Å²) >= 11 is 4.54. The number of rotatable bonds is 5. The molecule has 3 aromatic rings. The van der Waals surface area contributed by atoms with Crippen LogP contribution in [0.5, 0.6) is 0 Å². The van der Waals surface area contributed by atoms with Crippen LogP contribution in [0, 0.1) is 0 Å². The van der Waals surface area contributed by atoms with Crippen molar-refractivity contribution in [2.45, 2.75) is 19.4 Å². The van der Waals surface area contributed by atoms with Crippen molar-refractivity contribution in [2.24, 2.45) is 0 Å². The van der Waals surface area contributed by atoms with E-state index < -0.39 is 17.9 Å². The number of benzene rings is 1. The van der Waals surface area contributed by atoms with Crippen molar-refractivity contribution < 1.29 is 14.4 Å². The Morgan fingerprint density at radius 3 is 2.63 bits per heavy atom. The number of thiophene rings is 1. The van der Waals surface area contributed by atoms with Gasteiger partial charge in [-0.2, -0.15) is 0 Å². The van der Waals surface area contributed by atoms with Gasteiger partial charge >= 0.3 is 0 Å². The molecule has 0 saturated heterocycles. The van der Waals surface area contributed by atoms with E-state index in [1.54, 1.807) is 12.1 Å². The van der Waals surface area contributed by atoms with Crippen LogP contribution in [0.3, 0.4) is 0 Å². The van der Waals surface area contributed by atoms with Crippen LogP contribution in [0.2, 0.25) is 0 Å². The first kappa shape index (κ1) is 19.1. The van der Waals surface area contributed by atoms with Gasteiger partial charge in [-0.3, -0.25) is 25.2 Å². The van der Waals surface area contributed by atoms with E-state index in [4.69, 9.17) is 0 Å². The highest BCUT2D eigenvalue weighted by atomic mass is 79.9. The van der Waals surface area contributed by atoms with Crippen LogP contribution in [0.25, 0.3) is 10.9 Å². The Labute approximate surface area is 167 Å². The second-order valence-electron chi connectivity index (χ2n) is 5.86. The van der Waals surface area contributed by atoms with Crippen LogP contribution < -0.4 is 16.2 Å². The number of para-hydroxylation sites is 1. The molecule has 0 aliphatic carbocycles. The van der Waals surface area contributed by atoms with Crippen molar-refractivity contribution in [3.05, 3.63) is 56.8 Å². The monoisotopic (exact) mass is 448 g/mol. The zero-order valence-corrected chi connectivity index (χ0v) is 16.7. The highest BCUT2D eigenvalue weighted by Gasteiger charge is 2.22. The van der Waals surface area contributed by atoms with E-state index in [1.807, 2.05) is 30.5 Å². The van der Waals surface area contributed by atoms with Crippen molar-refractivity contribution in [1.29, 1.82) is 0 Å². The summed E-state index contributed by atoms with van der Waals surface area (Å²) in [5.41, 5.74) is 6.60. The molecule has 0 bridgehead atoms. The molecule has 0 aliphatic heterocycles. The van der Waals surface area contributed by atoms with E-state index in [2.05, 4.69) is 37.1 Å². The fraction of sp³-hybridized carbons (Fsp3) is 0.167. The summed E-state index contributed by atoms with van der Waals surface area (Å²) in [6.45, 7) is 1.34. The summed E-state index contributed by atoms with van der Waals surface area (Å²) in [6, 6.07) is 10.3. The molecule has 3 amide bonds. The second kappa shape index (κ2) is 8.36. The average molecular weight is 449 g/mol. The van der Waals surface area contributed by atoms with Gasteiger partial charge in [0.1, 0.15) is 6.04 Å². The molecule has 0 saturated carbocycles. The summed E-state index contributed by atoms with van der Waals surface area (Å²) in [5.74, 6) is -1.25. The third-order valence-electron chi connectivity index (χ3n) is 3.89. The van der Waals surface area contributed by atoms with Crippen molar-refractivity contribution in [2.75, 3.05) is 0 Å². The number of hydrogen-bond acceptors (Lipinski definition) is 4. The van der Waals surface area contributed by atoms with Crippen molar-refractivity contribution in [1.82, 2.24) is 21.2 Å². The molecule has 0 aliphatic rings. The van der Waals surface area contributed by atoms with Crippen LogP contribution in [-0.4, -0.2) is 28.7 Å². The molecular formula is C18H17BrN4O3S. The maximum Gasteiger partial charge on any atom is 0.279 e. The Kier molecular flexibility index (Phi) is 5.92. The van der Waals surface area contributed by atoms with Gasteiger partial charge in [0.05, 0.1) is 8.66 Å². The quantitative estimate of drug-likeness (QED) is 0.450. The van der Waals surface area contributed by atoms with E-state index >= 15 is 0 Å². The molecule has 140 valence electrons. The average Bonchev–Trinajstić information content (AvgIpc) is 3.25. The smallest absolute Gasteiger partial charge is 0.279 e. The number of carbonyl (C=O) groups excluding carboxylic acids is 3. The van der Waals surface area contributed by atoms with E-state index in [0.29, 0.717) is 4.88 Å². The molecule has 3 rings (SSSR count). The van der Waals surface area contributed by atoms with Gasteiger partial charge in [-0.15, -0.1) is 11.3 Å². The number of carbonyl (C=O) groups is 3. The third kappa shape index (κ3) is 4.75. The number of H-pyrrole nitrogens is 1. The summed E-state index contributed by atoms with van der Waals surface area (Å²) in [4.78, 5) is 39.7. The molecule has 9 heteroatoms. The summed E-state index contributed by atoms with van der Waals surface area (Å²) < 4.78 is 0.814. The fourth-order valence-electron chi connectivity index (χ4n) is 2.68. The van der Waals surface area contributed by atoms with E-state index in [1.165, 1.54) is 18.3 Å². The van der Waals surface area contributed by atoms with E-state index in [9.17, 15) is 14.4 Å². The van der Waals surface area contributed by atoms with Gasteiger partial charge in [0.2, 0.25) is 5.91 Å². The minimum Gasteiger partial charge on any atom is -0.361 e. The topological polar surface area (TPSA) is 103 Å². The first-order valence-corrected chi connectivity index (χ1v) is 9.72. The van der Waals surface area contributed by atoms with E-state index in [-0.39, 0.29) is 12.3 Å². The van der Waals surface area contributed by atoms with Gasteiger partial charge in [0.15, 0.2) is 0 Å². The molecule has 0 fully saturated rings.